The van der Waals surface area contributed by atoms with Crippen molar-refractivity contribution in [3.8, 4) is 0 Å². The third kappa shape index (κ3) is 65.4. The Balaban J connectivity index is 5.21. The van der Waals surface area contributed by atoms with Gasteiger partial charge in [-0.3, -0.25) is 37.3 Å². The molecular formula is C73H142O17P2. The Kier molecular flexibility index (Phi) is 64.9. The third-order valence-corrected chi connectivity index (χ3v) is 19.3. The summed E-state index contributed by atoms with van der Waals surface area (Å²) in [6.07, 6.45) is 54.0. The first kappa shape index (κ1) is 90.1. The number of ether oxygens (including phenoxy) is 4. The Morgan fingerprint density at radius 2 is 0.522 bits per heavy atom. The summed E-state index contributed by atoms with van der Waals surface area (Å²) in [6.45, 7) is 7.28. The van der Waals surface area contributed by atoms with Crippen LogP contribution in [0.5, 0.6) is 0 Å². The standard InChI is InChI=1S/C73H142O17P2/c1-6-10-13-16-19-22-24-26-27-28-29-30-31-33-39-44-49-54-59-73(78)90-69(63-84-71(76)57-52-47-42-37-35-34-36-40-45-50-55-66(5)9-4)65-88-92(81,82)86-61-67(74)60-85-91(79,80)87-64-68(62-83-70(75)56-51-46-41-21-18-15-12-8-3)89-72(77)58-53-48-43-38-32-25-23-20-17-14-11-7-2/h66-69,74H,6-65H2,1-5H3,(H,79,80)(H,81,82)/t66?,67-,68+,69+/m0/s1. The predicted octanol–water partition coefficient (Wildman–Crippen LogP) is 21.3. The Labute approximate surface area is 562 Å². The van der Waals surface area contributed by atoms with Gasteiger partial charge in [-0.25, -0.2) is 9.13 Å². The molecule has 0 aromatic rings. The summed E-state index contributed by atoms with van der Waals surface area (Å²) in [6, 6.07) is 0. The molecule has 0 spiro atoms. The first-order chi connectivity index (χ1) is 44.6. The number of phosphoric acid groups is 2. The summed E-state index contributed by atoms with van der Waals surface area (Å²) in [5.41, 5.74) is 0. The number of rotatable bonds is 73. The van der Waals surface area contributed by atoms with E-state index in [0.717, 1.165) is 102 Å². The number of phosphoric ester groups is 2. The van der Waals surface area contributed by atoms with Crippen molar-refractivity contribution < 1.29 is 80.2 Å². The molecule has 0 aromatic heterocycles. The van der Waals surface area contributed by atoms with Crippen molar-refractivity contribution in [3.63, 3.8) is 0 Å². The van der Waals surface area contributed by atoms with E-state index in [1.165, 1.54) is 199 Å². The smallest absolute Gasteiger partial charge is 0.462 e. The number of carbonyl (C=O) groups excluding carboxylic acids is 4. The molecule has 0 rings (SSSR count). The zero-order valence-corrected chi connectivity index (χ0v) is 61.5. The van der Waals surface area contributed by atoms with E-state index in [2.05, 4.69) is 34.6 Å². The van der Waals surface area contributed by atoms with Crippen LogP contribution >= 0.6 is 15.6 Å². The molecule has 0 aliphatic carbocycles. The Bertz CT molecular complexity index is 1770. The Morgan fingerprint density at radius 1 is 0.304 bits per heavy atom. The largest absolute Gasteiger partial charge is 0.472 e. The van der Waals surface area contributed by atoms with Crippen LogP contribution in [0.2, 0.25) is 0 Å². The van der Waals surface area contributed by atoms with E-state index in [1.807, 2.05) is 0 Å². The number of unbranched alkanes of at least 4 members (excludes halogenated alkanes) is 44. The van der Waals surface area contributed by atoms with E-state index in [1.54, 1.807) is 0 Å². The van der Waals surface area contributed by atoms with Crippen molar-refractivity contribution in [3.05, 3.63) is 0 Å². The number of hydrogen-bond donors (Lipinski definition) is 3. The van der Waals surface area contributed by atoms with Crippen LogP contribution in [0.4, 0.5) is 0 Å². The highest BCUT2D eigenvalue weighted by Gasteiger charge is 2.30. The summed E-state index contributed by atoms with van der Waals surface area (Å²) >= 11 is 0. The topological polar surface area (TPSA) is 237 Å². The second-order valence-corrected chi connectivity index (χ2v) is 29.5. The van der Waals surface area contributed by atoms with Gasteiger partial charge in [-0.15, -0.1) is 0 Å². The fourth-order valence-electron chi connectivity index (χ4n) is 11.1. The van der Waals surface area contributed by atoms with Crippen LogP contribution in [0, 0.1) is 5.92 Å². The molecule has 0 aliphatic rings. The van der Waals surface area contributed by atoms with E-state index in [-0.39, 0.29) is 25.7 Å². The summed E-state index contributed by atoms with van der Waals surface area (Å²) in [5.74, 6) is -1.31. The average molecular weight is 1350 g/mol. The SMILES string of the molecule is CCCCCCCCCCCCCCCCCCCCC(=O)O[C@H](COC(=O)CCCCCCCCCCCCC(C)CC)COP(=O)(O)OC[C@@H](O)COP(=O)(O)OC[C@@H](COC(=O)CCCCCCCCCC)OC(=O)CCCCCCCCCCCCCC. The fourth-order valence-corrected chi connectivity index (χ4v) is 12.7. The molecule has 19 heteroatoms. The number of esters is 4. The van der Waals surface area contributed by atoms with Crippen LogP contribution in [0.3, 0.4) is 0 Å². The van der Waals surface area contributed by atoms with Crippen molar-refractivity contribution in [1.82, 2.24) is 0 Å². The molecule has 0 aliphatic heterocycles. The number of aliphatic hydroxyl groups is 1. The predicted molar refractivity (Wildman–Crippen MR) is 372 cm³/mol. The molecule has 0 radical (unpaired) electrons. The second-order valence-electron chi connectivity index (χ2n) is 26.6. The van der Waals surface area contributed by atoms with Gasteiger partial charge in [0.05, 0.1) is 26.4 Å². The fraction of sp³-hybridized carbons (Fsp3) is 0.945. The minimum absolute atomic E-state index is 0.107. The minimum Gasteiger partial charge on any atom is -0.462 e. The number of aliphatic hydroxyl groups excluding tert-OH is 1. The van der Waals surface area contributed by atoms with Gasteiger partial charge in [0.2, 0.25) is 0 Å². The van der Waals surface area contributed by atoms with Crippen LogP contribution in [-0.4, -0.2) is 96.7 Å². The van der Waals surface area contributed by atoms with Crippen molar-refractivity contribution >= 4 is 39.5 Å². The average Bonchev–Trinajstić information content (AvgIpc) is 3.29. The zero-order chi connectivity index (χ0) is 67.7. The molecule has 3 N–H and O–H groups in total. The first-order valence-corrected chi connectivity index (χ1v) is 41.2. The maximum Gasteiger partial charge on any atom is 0.472 e. The molecular weight excluding hydrogens is 1210 g/mol. The highest BCUT2D eigenvalue weighted by Crippen LogP contribution is 2.45. The van der Waals surface area contributed by atoms with Crippen LogP contribution < -0.4 is 0 Å². The van der Waals surface area contributed by atoms with Gasteiger partial charge in [0, 0.05) is 25.7 Å². The van der Waals surface area contributed by atoms with Crippen molar-refractivity contribution in [2.24, 2.45) is 5.92 Å². The van der Waals surface area contributed by atoms with Crippen molar-refractivity contribution in [2.75, 3.05) is 39.6 Å². The Morgan fingerprint density at radius 3 is 0.772 bits per heavy atom. The lowest BCUT2D eigenvalue weighted by Gasteiger charge is -2.21. The molecule has 546 valence electrons. The van der Waals surface area contributed by atoms with Gasteiger partial charge >= 0.3 is 39.5 Å². The van der Waals surface area contributed by atoms with Gasteiger partial charge in [0.1, 0.15) is 19.3 Å². The molecule has 0 heterocycles. The van der Waals surface area contributed by atoms with Gasteiger partial charge in [-0.2, -0.15) is 0 Å². The van der Waals surface area contributed by atoms with Gasteiger partial charge in [-0.1, -0.05) is 330 Å². The molecule has 17 nitrogen and oxygen atoms in total. The Hall–Kier alpha value is -1.94. The van der Waals surface area contributed by atoms with E-state index >= 15 is 0 Å². The van der Waals surface area contributed by atoms with E-state index in [0.29, 0.717) is 25.7 Å². The van der Waals surface area contributed by atoms with Gasteiger partial charge in [-0.05, 0) is 31.6 Å². The van der Waals surface area contributed by atoms with Crippen molar-refractivity contribution in [2.45, 2.75) is 400 Å². The highest BCUT2D eigenvalue weighted by atomic mass is 31.2. The van der Waals surface area contributed by atoms with Crippen LogP contribution in [0.25, 0.3) is 0 Å². The lowest BCUT2D eigenvalue weighted by molar-refractivity contribution is -0.161. The molecule has 0 fully saturated rings. The molecule has 0 bridgehead atoms. The van der Waals surface area contributed by atoms with Crippen LogP contribution in [-0.2, 0) is 65.4 Å². The number of carbonyl (C=O) groups is 4. The molecule has 0 amide bonds. The summed E-state index contributed by atoms with van der Waals surface area (Å²) in [7, 11) is -9.90. The summed E-state index contributed by atoms with van der Waals surface area (Å²) in [5, 5.41) is 10.6. The molecule has 0 saturated carbocycles. The molecule has 92 heavy (non-hydrogen) atoms. The first-order valence-electron chi connectivity index (χ1n) is 38.2. The quantitative estimate of drug-likeness (QED) is 0.0222. The molecule has 0 aromatic carbocycles. The monoisotopic (exact) mass is 1350 g/mol. The lowest BCUT2D eigenvalue weighted by atomic mass is 9.99. The molecule has 6 atom stereocenters. The third-order valence-electron chi connectivity index (χ3n) is 17.4. The van der Waals surface area contributed by atoms with Gasteiger partial charge < -0.3 is 33.8 Å². The summed E-state index contributed by atoms with van der Waals surface area (Å²) < 4.78 is 68.3. The maximum atomic E-state index is 13.1. The van der Waals surface area contributed by atoms with Crippen LogP contribution in [0.1, 0.15) is 381 Å². The normalized spacial score (nSPS) is 14.3. The molecule has 3 unspecified atom stereocenters. The zero-order valence-electron chi connectivity index (χ0n) is 59.7. The minimum atomic E-state index is -4.95. The maximum absolute atomic E-state index is 13.1. The number of hydrogen-bond acceptors (Lipinski definition) is 15. The van der Waals surface area contributed by atoms with E-state index < -0.39 is 97.5 Å². The second kappa shape index (κ2) is 66.3. The van der Waals surface area contributed by atoms with Crippen molar-refractivity contribution in [1.29, 1.82) is 0 Å². The lowest BCUT2D eigenvalue weighted by Crippen LogP contribution is -2.30. The van der Waals surface area contributed by atoms with E-state index in [4.69, 9.17) is 37.0 Å². The van der Waals surface area contributed by atoms with Gasteiger partial charge in [0.15, 0.2) is 12.2 Å². The van der Waals surface area contributed by atoms with Gasteiger partial charge in [0.25, 0.3) is 0 Å². The summed E-state index contributed by atoms with van der Waals surface area (Å²) in [4.78, 5) is 72.6. The molecule has 0 saturated heterocycles. The van der Waals surface area contributed by atoms with Crippen LogP contribution in [0.15, 0.2) is 0 Å². The van der Waals surface area contributed by atoms with E-state index in [9.17, 15) is 43.2 Å². The highest BCUT2D eigenvalue weighted by molar-refractivity contribution is 7.47.